The molecule has 1 rings (SSSR count). The van der Waals surface area contributed by atoms with Crippen molar-refractivity contribution >= 4 is 0 Å². The Kier molecular flexibility index (Phi) is 6.85. The normalized spacial score (nSPS) is 11.3. The molecular formula is C16H28N2O. The molecule has 3 heteroatoms. The topological polar surface area (TPSA) is 34.1 Å². The Morgan fingerprint density at radius 2 is 1.89 bits per heavy atom. The number of aromatic nitrogens is 1. The van der Waals surface area contributed by atoms with Gasteiger partial charge in [0.15, 0.2) is 0 Å². The fraction of sp³-hybridized carbons (Fsp3) is 0.688. The first-order valence-corrected chi connectivity index (χ1v) is 7.29. The Morgan fingerprint density at radius 1 is 1.16 bits per heavy atom. The number of nitrogens with zero attached hydrogens (tertiary/aromatic N) is 1. The van der Waals surface area contributed by atoms with Crippen LogP contribution in [0.5, 0.6) is 5.88 Å². The van der Waals surface area contributed by atoms with Crippen LogP contribution in [0.3, 0.4) is 0 Å². The summed E-state index contributed by atoms with van der Waals surface area (Å²) in [6.07, 6.45) is 1.07. The highest BCUT2D eigenvalue weighted by Crippen LogP contribution is 2.13. The van der Waals surface area contributed by atoms with Gasteiger partial charge in [-0.25, -0.2) is 4.98 Å². The van der Waals surface area contributed by atoms with Gasteiger partial charge < -0.3 is 10.1 Å². The van der Waals surface area contributed by atoms with Crippen LogP contribution in [-0.2, 0) is 6.54 Å². The van der Waals surface area contributed by atoms with Gasteiger partial charge in [0.1, 0.15) is 0 Å². The quantitative estimate of drug-likeness (QED) is 0.779. The lowest BCUT2D eigenvalue weighted by molar-refractivity contribution is 0.279. The first-order chi connectivity index (χ1) is 8.99. The van der Waals surface area contributed by atoms with E-state index < -0.39 is 0 Å². The summed E-state index contributed by atoms with van der Waals surface area (Å²) in [6, 6.07) is 4.08. The second kappa shape index (κ2) is 8.16. The summed E-state index contributed by atoms with van der Waals surface area (Å²) < 4.78 is 5.66. The van der Waals surface area contributed by atoms with Crippen LogP contribution in [0.2, 0.25) is 0 Å². The smallest absolute Gasteiger partial charge is 0.213 e. The molecule has 108 valence electrons. The maximum atomic E-state index is 5.66. The van der Waals surface area contributed by atoms with Crippen LogP contribution < -0.4 is 10.1 Å². The Balaban J connectivity index is 2.45. The molecule has 3 nitrogen and oxygen atoms in total. The van der Waals surface area contributed by atoms with Crippen LogP contribution in [0.25, 0.3) is 0 Å². The molecule has 0 saturated carbocycles. The number of hydrogen-bond donors (Lipinski definition) is 1. The lowest BCUT2D eigenvalue weighted by atomic mass is 10.1. The largest absolute Gasteiger partial charge is 0.478 e. The lowest BCUT2D eigenvalue weighted by Gasteiger charge is -2.11. The lowest BCUT2D eigenvalue weighted by Crippen LogP contribution is -2.19. The van der Waals surface area contributed by atoms with Gasteiger partial charge in [0.05, 0.1) is 6.61 Å². The fourth-order valence-corrected chi connectivity index (χ4v) is 1.73. The summed E-state index contributed by atoms with van der Waals surface area (Å²) >= 11 is 0. The molecule has 0 radical (unpaired) electrons. The van der Waals surface area contributed by atoms with E-state index in [1.165, 1.54) is 5.56 Å². The summed E-state index contributed by atoms with van der Waals surface area (Å²) in [5, 5.41) is 3.44. The van der Waals surface area contributed by atoms with Crippen LogP contribution in [0.15, 0.2) is 12.1 Å². The van der Waals surface area contributed by atoms with E-state index in [1.807, 2.05) is 13.0 Å². The van der Waals surface area contributed by atoms with Gasteiger partial charge in [0, 0.05) is 18.3 Å². The van der Waals surface area contributed by atoms with Crippen molar-refractivity contribution < 1.29 is 4.74 Å². The van der Waals surface area contributed by atoms with Crippen LogP contribution in [-0.4, -0.2) is 18.1 Å². The number of nitrogens with one attached hydrogen (secondary N) is 1. The Bertz CT molecular complexity index is 375. The Hall–Kier alpha value is -1.09. The van der Waals surface area contributed by atoms with Crippen LogP contribution in [0, 0.1) is 18.8 Å². The molecule has 0 saturated heterocycles. The van der Waals surface area contributed by atoms with Gasteiger partial charge in [0.2, 0.25) is 5.88 Å². The standard InChI is InChI=1S/C16H28N2O/c1-12(2)8-9-19-16-7-6-15(14(5)18-16)11-17-10-13(3)4/h6-7,12-13,17H,8-11H2,1-5H3. The highest BCUT2D eigenvalue weighted by molar-refractivity contribution is 5.24. The number of hydrogen-bond acceptors (Lipinski definition) is 3. The molecule has 0 aliphatic heterocycles. The van der Waals surface area contributed by atoms with Gasteiger partial charge in [-0.1, -0.05) is 33.8 Å². The Labute approximate surface area is 117 Å². The molecule has 1 aromatic heterocycles. The molecule has 0 fully saturated rings. The van der Waals surface area contributed by atoms with Gasteiger partial charge in [-0.3, -0.25) is 0 Å². The first-order valence-electron chi connectivity index (χ1n) is 7.29. The van der Waals surface area contributed by atoms with Crippen molar-refractivity contribution in [3.8, 4) is 5.88 Å². The number of pyridine rings is 1. The number of ether oxygens (including phenoxy) is 1. The van der Waals surface area contributed by atoms with Crippen molar-refractivity contribution in [3.05, 3.63) is 23.4 Å². The maximum absolute atomic E-state index is 5.66. The molecule has 0 aromatic carbocycles. The van der Waals surface area contributed by atoms with E-state index in [0.717, 1.165) is 37.7 Å². The summed E-state index contributed by atoms with van der Waals surface area (Å²) in [5.41, 5.74) is 2.30. The van der Waals surface area contributed by atoms with Crippen molar-refractivity contribution in [2.45, 2.75) is 47.6 Å². The second-order valence-electron chi connectivity index (χ2n) is 5.95. The minimum Gasteiger partial charge on any atom is -0.478 e. The molecule has 0 spiro atoms. The first kappa shape index (κ1) is 16.0. The highest BCUT2D eigenvalue weighted by Gasteiger charge is 2.03. The van der Waals surface area contributed by atoms with Crippen molar-refractivity contribution in [1.82, 2.24) is 10.3 Å². The molecule has 1 aromatic rings. The Morgan fingerprint density at radius 3 is 2.47 bits per heavy atom. The van der Waals surface area contributed by atoms with Gasteiger partial charge in [-0.15, -0.1) is 0 Å². The molecule has 0 bridgehead atoms. The van der Waals surface area contributed by atoms with Crippen LogP contribution in [0.1, 0.15) is 45.4 Å². The third kappa shape index (κ3) is 6.58. The molecular weight excluding hydrogens is 236 g/mol. The van der Waals surface area contributed by atoms with E-state index in [-0.39, 0.29) is 0 Å². The average Bonchev–Trinajstić information content (AvgIpc) is 2.31. The SMILES string of the molecule is Cc1nc(OCCC(C)C)ccc1CNCC(C)C. The average molecular weight is 264 g/mol. The zero-order chi connectivity index (χ0) is 14.3. The number of rotatable bonds is 8. The van der Waals surface area contributed by atoms with Gasteiger partial charge >= 0.3 is 0 Å². The monoisotopic (exact) mass is 264 g/mol. The zero-order valence-electron chi connectivity index (χ0n) is 13.0. The second-order valence-corrected chi connectivity index (χ2v) is 5.95. The van der Waals surface area contributed by atoms with E-state index >= 15 is 0 Å². The molecule has 19 heavy (non-hydrogen) atoms. The predicted molar refractivity (Wildman–Crippen MR) is 80.5 cm³/mol. The highest BCUT2D eigenvalue weighted by atomic mass is 16.5. The number of aryl methyl sites for hydroxylation is 1. The van der Waals surface area contributed by atoms with Crippen molar-refractivity contribution in [3.63, 3.8) is 0 Å². The van der Waals surface area contributed by atoms with Crippen molar-refractivity contribution in [2.75, 3.05) is 13.2 Å². The fourth-order valence-electron chi connectivity index (χ4n) is 1.73. The summed E-state index contributed by atoms with van der Waals surface area (Å²) in [7, 11) is 0. The van der Waals surface area contributed by atoms with E-state index in [2.05, 4.69) is 44.1 Å². The van der Waals surface area contributed by atoms with Gasteiger partial charge in [-0.2, -0.15) is 0 Å². The van der Waals surface area contributed by atoms with Gasteiger partial charge in [0.25, 0.3) is 0 Å². The zero-order valence-corrected chi connectivity index (χ0v) is 13.0. The molecule has 0 atom stereocenters. The van der Waals surface area contributed by atoms with E-state index in [0.29, 0.717) is 11.8 Å². The third-order valence-corrected chi connectivity index (χ3v) is 2.98. The molecule has 0 unspecified atom stereocenters. The maximum Gasteiger partial charge on any atom is 0.213 e. The third-order valence-electron chi connectivity index (χ3n) is 2.98. The van der Waals surface area contributed by atoms with Crippen molar-refractivity contribution in [1.29, 1.82) is 0 Å². The molecule has 0 aliphatic rings. The van der Waals surface area contributed by atoms with E-state index in [1.54, 1.807) is 0 Å². The van der Waals surface area contributed by atoms with E-state index in [4.69, 9.17) is 4.74 Å². The minimum atomic E-state index is 0.667. The summed E-state index contributed by atoms with van der Waals surface area (Å²) in [6.45, 7) is 13.5. The molecule has 0 amide bonds. The summed E-state index contributed by atoms with van der Waals surface area (Å²) in [5.74, 6) is 2.08. The molecule has 1 heterocycles. The van der Waals surface area contributed by atoms with Gasteiger partial charge in [-0.05, 0) is 37.3 Å². The van der Waals surface area contributed by atoms with Crippen molar-refractivity contribution in [2.24, 2.45) is 11.8 Å². The minimum absolute atomic E-state index is 0.667. The van der Waals surface area contributed by atoms with Crippen LogP contribution in [0.4, 0.5) is 0 Å². The molecule has 0 aliphatic carbocycles. The van der Waals surface area contributed by atoms with Crippen LogP contribution >= 0.6 is 0 Å². The van der Waals surface area contributed by atoms with E-state index in [9.17, 15) is 0 Å². The molecule has 1 N–H and O–H groups in total. The predicted octanol–water partition coefficient (Wildman–Crippen LogP) is 3.56. The summed E-state index contributed by atoms with van der Waals surface area (Å²) in [4.78, 5) is 4.51.